The number of carbonyl (C=O) groups is 1. The van der Waals surface area contributed by atoms with Gasteiger partial charge in [0.25, 0.3) is 0 Å². The highest BCUT2D eigenvalue weighted by Crippen LogP contribution is 2.36. The summed E-state index contributed by atoms with van der Waals surface area (Å²) in [5.41, 5.74) is 5.59. The highest BCUT2D eigenvalue weighted by Gasteiger charge is 2.45. The molecule has 0 saturated heterocycles. The number of methoxy groups -OCH3 is 1. The van der Waals surface area contributed by atoms with Crippen molar-refractivity contribution in [1.82, 2.24) is 0 Å². The molecule has 14 heavy (non-hydrogen) atoms. The Bertz CT molecular complexity index is 319. The summed E-state index contributed by atoms with van der Waals surface area (Å²) in [6, 6.07) is -0.736. The molecule has 1 aliphatic carbocycles. The molecule has 0 aromatic carbocycles. The molecule has 4 heteroatoms. The van der Waals surface area contributed by atoms with Gasteiger partial charge < -0.3 is 15.6 Å². The van der Waals surface area contributed by atoms with Crippen molar-refractivity contribution < 1.29 is 14.6 Å². The van der Waals surface area contributed by atoms with Gasteiger partial charge >= 0.3 is 5.97 Å². The fourth-order valence-electron chi connectivity index (χ4n) is 1.53. The maximum absolute atomic E-state index is 11.6. The van der Waals surface area contributed by atoms with E-state index in [1.807, 2.05) is 0 Å². The molecule has 3 N–H and O–H groups in total. The van der Waals surface area contributed by atoms with Crippen molar-refractivity contribution in [3.05, 3.63) is 23.5 Å². The lowest BCUT2D eigenvalue weighted by Gasteiger charge is -2.35. The lowest BCUT2D eigenvalue weighted by Crippen LogP contribution is -2.49. The Hall–Kier alpha value is -1.29. The fraction of sp³-hybridized carbons (Fsp3) is 0.500. The van der Waals surface area contributed by atoms with E-state index in [1.54, 1.807) is 19.9 Å². The van der Waals surface area contributed by atoms with Crippen molar-refractivity contribution in [1.29, 1.82) is 0 Å². The first-order valence-corrected chi connectivity index (χ1v) is 4.36. The minimum atomic E-state index is -0.965. The number of esters is 1. The molecule has 0 fully saturated rings. The zero-order chi connectivity index (χ0) is 10.9. The SMILES string of the molecule is COC(=O)C1(C)C(C)=CC=C(O)C1N. The van der Waals surface area contributed by atoms with E-state index >= 15 is 0 Å². The van der Waals surface area contributed by atoms with Gasteiger partial charge in [-0.1, -0.05) is 11.6 Å². The van der Waals surface area contributed by atoms with E-state index in [0.29, 0.717) is 0 Å². The van der Waals surface area contributed by atoms with Crippen molar-refractivity contribution in [2.24, 2.45) is 11.1 Å². The van der Waals surface area contributed by atoms with Crippen molar-refractivity contribution in [2.75, 3.05) is 7.11 Å². The van der Waals surface area contributed by atoms with Gasteiger partial charge in [0.15, 0.2) is 0 Å². The molecule has 78 valence electrons. The number of hydrogen-bond donors (Lipinski definition) is 2. The van der Waals surface area contributed by atoms with Crippen LogP contribution in [0.4, 0.5) is 0 Å². The van der Waals surface area contributed by atoms with Crippen LogP contribution in [0.25, 0.3) is 0 Å². The zero-order valence-corrected chi connectivity index (χ0v) is 8.57. The third-order valence-electron chi connectivity index (χ3n) is 2.87. The van der Waals surface area contributed by atoms with Gasteiger partial charge in [0.1, 0.15) is 11.2 Å². The fourth-order valence-corrected chi connectivity index (χ4v) is 1.53. The van der Waals surface area contributed by atoms with Gasteiger partial charge in [-0.25, -0.2) is 0 Å². The van der Waals surface area contributed by atoms with Crippen LogP contribution in [-0.4, -0.2) is 24.2 Å². The number of aliphatic hydroxyl groups excluding tert-OH is 1. The Labute approximate surface area is 83.0 Å². The van der Waals surface area contributed by atoms with E-state index in [2.05, 4.69) is 4.74 Å². The number of nitrogens with two attached hydrogens (primary N) is 1. The first-order chi connectivity index (χ1) is 6.44. The quantitative estimate of drug-likeness (QED) is 0.612. The van der Waals surface area contributed by atoms with Crippen LogP contribution in [0.1, 0.15) is 13.8 Å². The molecule has 0 amide bonds. The second-order valence-corrected chi connectivity index (χ2v) is 3.61. The predicted octanol–water partition coefficient (Wildman–Crippen LogP) is 0.895. The van der Waals surface area contributed by atoms with Crippen LogP contribution in [-0.2, 0) is 9.53 Å². The molecule has 1 aliphatic rings. The molecule has 4 nitrogen and oxygen atoms in total. The molecule has 2 unspecified atom stereocenters. The third-order valence-corrected chi connectivity index (χ3v) is 2.87. The number of ether oxygens (including phenoxy) is 1. The van der Waals surface area contributed by atoms with Crippen LogP contribution < -0.4 is 5.73 Å². The minimum absolute atomic E-state index is 0.00324. The summed E-state index contributed by atoms with van der Waals surface area (Å²) in [5.74, 6) is -0.429. The molecule has 0 heterocycles. The Kier molecular flexibility index (Phi) is 2.66. The average molecular weight is 197 g/mol. The number of aliphatic hydroxyl groups is 1. The van der Waals surface area contributed by atoms with Gasteiger partial charge in [-0.05, 0) is 19.9 Å². The first kappa shape index (κ1) is 10.8. The molecule has 0 aromatic heterocycles. The Balaban J connectivity index is 3.16. The number of allylic oxidation sites excluding steroid dienone is 2. The van der Waals surface area contributed by atoms with E-state index in [9.17, 15) is 9.90 Å². The van der Waals surface area contributed by atoms with Crippen molar-refractivity contribution >= 4 is 5.97 Å². The minimum Gasteiger partial charge on any atom is -0.511 e. The second-order valence-electron chi connectivity index (χ2n) is 3.61. The molecule has 0 aliphatic heterocycles. The predicted molar refractivity (Wildman–Crippen MR) is 52.6 cm³/mol. The molecule has 0 saturated carbocycles. The van der Waals surface area contributed by atoms with E-state index in [0.717, 1.165) is 5.57 Å². The monoisotopic (exact) mass is 197 g/mol. The van der Waals surface area contributed by atoms with Crippen LogP contribution in [0.2, 0.25) is 0 Å². The van der Waals surface area contributed by atoms with Gasteiger partial charge in [-0.2, -0.15) is 0 Å². The van der Waals surface area contributed by atoms with Crippen LogP contribution in [0.5, 0.6) is 0 Å². The van der Waals surface area contributed by atoms with Crippen LogP contribution >= 0.6 is 0 Å². The van der Waals surface area contributed by atoms with E-state index in [1.165, 1.54) is 13.2 Å². The van der Waals surface area contributed by atoms with Crippen molar-refractivity contribution in [3.63, 3.8) is 0 Å². The zero-order valence-electron chi connectivity index (χ0n) is 8.57. The Morgan fingerprint density at radius 2 is 2.21 bits per heavy atom. The first-order valence-electron chi connectivity index (χ1n) is 4.36. The standard InChI is InChI=1S/C10H15NO3/c1-6-4-5-7(12)8(11)10(6,2)9(13)14-3/h4-5,8,12H,11H2,1-3H3. The molecule has 0 spiro atoms. The van der Waals surface area contributed by atoms with Gasteiger partial charge in [0, 0.05) is 0 Å². The normalized spacial score (nSPS) is 31.9. The van der Waals surface area contributed by atoms with Gasteiger partial charge in [0.05, 0.1) is 13.2 Å². The van der Waals surface area contributed by atoms with Crippen LogP contribution in [0.3, 0.4) is 0 Å². The summed E-state index contributed by atoms with van der Waals surface area (Å²) in [5, 5.41) is 9.46. The van der Waals surface area contributed by atoms with Gasteiger partial charge in [-0.3, -0.25) is 4.79 Å². The second kappa shape index (κ2) is 3.46. The van der Waals surface area contributed by atoms with Gasteiger partial charge in [0.2, 0.25) is 0 Å². The topological polar surface area (TPSA) is 72.5 Å². The highest BCUT2D eigenvalue weighted by atomic mass is 16.5. The number of carbonyl (C=O) groups excluding carboxylic acids is 1. The van der Waals surface area contributed by atoms with Crippen molar-refractivity contribution in [3.8, 4) is 0 Å². The van der Waals surface area contributed by atoms with Crippen LogP contribution in [0.15, 0.2) is 23.5 Å². The molecular weight excluding hydrogens is 182 g/mol. The molecule has 2 atom stereocenters. The molecule has 1 rings (SSSR count). The average Bonchev–Trinajstić information content (AvgIpc) is 2.19. The number of hydrogen-bond acceptors (Lipinski definition) is 4. The summed E-state index contributed by atoms with van der Waals surface area (Å²) < 4.78 is 4.68. The van der Waals surface area contributed by atoms with Crippen LogP contribution in [0, 0.1) is 5.41 Å². The smallest absolute Gasteiger partial charge is 0.317 e. The highest BCUT2D eigenvalue weighted by molar-refractivity contribution is 5.82. The molecule has 0 bridgehead atoms. The summed E-state index contributed by atoms with van der Waals surface area (Å²) in [6.07, 6.45) is 3.18. The number of rotatable bonds is 1. The Morgan fingerprint density at radius 3 is 2.71 bits per heavy atom. The lowest BCUT2D eigenvalue weighted by atomic mass is 9.73. The molecular formula is C10H15NO3. The van der Waals surface area contributed by atoms with E-state index < -0.39 is 17.4 Å². The van der Waals surface area contributed by atoms with Crippen molar-refractivity contribution in [2.45, 2.75) is 19.9 Å². The summed E-state index contributed by atoms with van der Waals surface area (Å²) in [6.45, 7) is 3.46. The van der Waals surface area contributed by atoms with E-state index in [-0.39, 0.29) is 5.76 Å². The maximum Gasteiger partial charge on any atom is 0.317 e. The lowest BCUT2D eigenvalue weighted by molar-refractivity contribution is -0.150. The molecule has 0 radical (unpaired) electrons. The Morgan fingerprint density at radius 1 is 1.64 bits per heavy atom. The largest absolute Gasteiger partial charge is 0.511 e. The summed E-state index contributed by atoms with van der Waals surface area (Å²) in [4.78, 5) is 11.6. The summed E-state index contributed by atoms with van der Waals surface area (Å²) in [7, 11) is 1.31. The van der Waals surface area contributed by atoms with Gasteiger partial charge in [-0.15, -0.1) is 0 Å². The maximum atomic E-state index is 11.6. The van der Waals surface area contributed by atoms with E-state index in [4.69, 9.17) is 5.73 Å². The summed E-state index contributed by atoms with van der Waals surface area (Å²) >= 11 is 0. The molecule has 0 aromatic rings. The third kappa shape index (κ3) is 1.32.